The second-order valence-electron chi connectivity index (χ2n) is 5.38. The van der Waals surface area contributed by atoms with Crippen molar-refractivity contribution in [2.75, 3.05) is 7.11 Å². The number of nitrogens with one attached hydrogen (secondary N) is 1. The Kier molecular flexibility index (Phi) is 4.89. The molecular formula is C19H17N3O3. The average Bonchev–Trinajstić information content (AvgIpc) is 3.17. The number of carbonyl (C=O) groups is 2. The molecule has 0 atom stereocenters. The molecule has 0 aliphatic carbocycles. The summed E-state index contributed by atoms with van der Waals surface area (Å²) in [6.07, 6.45) is 3.22. The van der Waals surface area contributed by atoms with E-state index in [-0.39, 0.29) is 11.9 Å². The summed E-state index contributed by atoms with van der Waals surface area (Å²) in [5.74, 6) is -0.594. The fraction of sp³-hybridized carbons (Fsp3) is 0.105. The Hall–Kier alpha value is -3.41. The summed E-state index contributed by atoms with van der Waals surface area (Å²) < 4.78 is 6.31. The van der Waals surface area contributed by atoms with Gasteiger partial charge in [-0.15, -0.1) is 0 Å². The van der Waals surface area contributed by atoms with Crippen molar-refractivity contribution in [3.8, 4) is 5.69 Å². The van der Waals surface area contributed by atoms with E-state index in [0.29, 0.717) is 17.7 Å². The maximum absolute atomic E-state index is 12.2. The first-order chi connectivity index (χ1) is 12.2. The number of rotatable bonds is 5. The molecule has 1 aromatic heterocycles. The number of benzene rings is 2. The van der Waals surface area contributed by atoms with Crippen LogP contribution in [0, 0.1) is 0 Å². The van der Waals surface area contributed by atoms with Crippen LogP contribution in [-0.4, -0.2) is 28.8 Å². The van der Waals surface area contributed by atoms with E-state index >= 15 is 0 Å². The Bertz CT molecular complexity index is 870. The summed E-state index contributed by atoms with van der Waals surface area (Å²) in [5, 5.41) is 7.04. The number of amides is 1. The van der Waals surface area contributed by atoms with Crippen LogP contribution in [0.4, 0.5) is 0 Å². The van der Waals surface area contributed by atoms with Gasteiger partial charge in [-0.3, -0.25) is 4.79 Å². The zero-order valence-corrected chi connectivity index (χ0v) is 13.7. The van der Waals surface area contributed by atoms with Gasteiger partial charge in [-0.25, -0.2) is 9.48 Å². The molecule has 0 aliphatic rings. The van der Waals surface area contributed by atoms with Gasteiger partial charge in [0.1, 0.15) is 0 Å². The zero-order chi connectivity index (χ0) is 17.6. The molecule has 3 rings (SSSR count). The molecule has 1 heterocycles. The third-order valence-corrected chi connectivity index (χ3v) is 3.69. The number of methoxy groups -OCH3 is 1. The van der Waals surface area contributed by atoms with Crippen LogP contribution in [0.2, 0.25) is 0 Å². The van der Waals surface area contributed by atoms with Gasteiger partial charge in [0, 0.05) is 12.7 Å². The second kappa shape index (κ2) is 7.44. The van der Waals surface area contributed by atoms with Crippen LogP contribution in [-0.2, 0) is 11.3 Å². The van der Waals surface area contributed by atoms with Crippen molar-refractivity contribution in [1.29, 1.82) is 0 Å². The van der Waals surface area contributed by atoms with Crippen molar-refractivity contribution < 1.29 is 14.3 Å². The molecule has 0 bridgehead atoms. The van der Waals surface area contributed by atoms with Crippen molar-refractivity contribution in [3.05, 3.63) is 83.7 Å². The third-order valence-electron chi connectivity index (χ3n) is 3.69. The number of esters is 1. The van der Waals surface area contributed by atoms with Gasteiger partial charge < -0.3 is 10.1 Å². The SMILES string of the molecule is COC(=O)c1ccc(CNC(=O)c2cnn(-c3ccccc3)c2)cc1. The first-order valence-corrected chi connectivity index (χ1v) is 7.73. The Balaban J connectivity index is 1.61. The number of ether oxygens (including phenoxy) is 1. The predicted octanol–water partition coefficient (Wildman–Crippen LogP) is 2.59. The Labute approximate surface area is 145 Å². The highest BCUT2D eigenvalue weighted by Gasteiger charge is 2.10. The van der Waals surface area contributed by atoms with E-state index in [0.717, 1.165) is 11.3 Å². The third kappa shape index (κ3) is 3.92. The molecule has 1 amide bonds. The van der Waals surface area contributed by atoms with Crippen molar-refractivity contribution in [2.24, 2.45) is 0 Å². The lowest BCUT2D eigenvalue weighted by Crippen LogP contribution is -2.22. The van der Waals surface area contributed by atoms with Gasteiger partial charge in [0.2, 0.25) is 0 Å². The molecule has 0 radical (unpaired) electrons. The molecule has 6 nitrogen and oxygen atoms in total. The lowest BCUT2D eigenvalue weighted by Gasteiger charge is -2.05. The average molecular weight is 335 g/mol. The van der Waals surface area contributed by atoms with Crippen molar-refractivity contribution in [3.63, 3.8) is 0 Å². The summed E-state index contributed by atoms with van der Waals surface area (Å²) in [6.45, 7) is 0.358. The zero-order valence-electron chi connectivity index (χ0n) is 13.7. The minimum Gasteiger partial charge on any atom is -0.465 e. The smallest absolute Gasteiger partial charge is 0.337 e. The van der Waals surface area contributed by atoms with Gasteiger partial charge in [0.05, 0.1) is 30.1 Å². The number of nitrogens with zero attached hydrogens (tertiary/aromatic N) is 2. The summed E-state index contributed by atoms with van der Waals surface area (Å²) >= 11 is 0. The molecule has 1 N–H and O–H groups in total. The number of para-hydroxylation sites is 1. The van der Waals surface area contributed by atoms with Gasteiger partial charge in [-0.1, -0.05) is 30.3 Å². The van der Waals surface area contributed by atoms with Gasteiger partial charge >= 0.3 is 5.97 Å². The molecule has 0 fully saturated rings. The number of hydrogen-bond donors (Lipinski definition) is 1. The van der Waals surface area contributed by atoms with Crippen LogP contribution in [0.25, 0.3) is 5.69 Å². The normalized spacial score (nSPS) is 10.3. The fourth-order valence-electron chi connectivity index (χ4n) is 2.32. The summed E-state index contributed by atoms with van der Waals surface area (Å²) in [7, 11) is 1.34. The quantitative estimate of drug-likeness (QED) is 0.727. The molecule has 0 saturated carbocycles. The van der Waals surface area contributed by atoms with E-state index < -0.39 is 0 Å². The molecule has 0 spiro atoms. The van der Waals surface area contributed by atoms with E-state index in [1.54, 1.807) is 35.1 Å². The van der Waals surface area contributed by atoms with Gasteiger partial charge in [0.25, 0.3) is 5.91 Å². The highest BCUT2D eigenvalue weighted by molar-refractivity contribution is 5.93. The molecule has 25 heavy (non-hydrogen) atoms. The molecule has 126 valence electrons. The van der Waals surface area contributed by atoms with Gasteiger partial charge in [-0.05, 0) is 29.8 Å². The van der Waals surface area contributed by atoms with Crippen LogP contribution >= 0.6 is 0 Å². The molecule has 0 saturated heterocycles. The minimum absolute atomic E-state index is 0.209. The standard InChI is InChI=1S/C19H17N3O3/c1-25-19(24)15-9-7-14(8-10-15)11-20-18(23)16-12-21-22(13-16)17-5-3-2-4-6-17/h2-10,12-13H,11H2,1H3,(H,20,23). The first kappa shape index (κ1) is 16.4. The molecule has 0 unspecified atom stereocenters. The second-order valence-corrected chi connectivity index (χ2v) is 5.38. The molecule has 6 heteroatoms. The number of aromatic nitrogens is 2. The molecular weight excluding hydrogens is 318 g/mol. The minimum atomic E-state index is -0.385. The summed E-state index contributed by atoms with van der Waals surface area (Å²) in [5.41, 5.74) is 2.73. The lowest BCUT2D eigenvalue weighted by molar-refractivity contribution is 0.0600. The lowest BCUT2D eigenvalue weighted by atomic mass is 10.1. The van der Waals surface area contributed by atoms with Crippen LogP contribution in [0.15, 0.2) is 67.0 Å². The van der Waals surface area contributed by atoms with E-state index in [2.05, 4.69) is 15.2 Å². The number of carbonyl (C=O) groups excluding carboxylic acids is 2. The van der Waals surface area contributed by atoms with Crippen LogP contribution in [0.3, 0.4) is 0 Å². The fourth-order valence-corrected chi connectivity index (χ4v) is 2.32. The Morgan fingerprint density at radius 1 is 1.04 bits per heavy atom. The van der Waals surface area contributed by atoms with E-state index in [1.807, 2.05) is 30.3 Å². The summed E-state index contributed by atoms with van der Waals surface area (Å²) in [4.78, 5) is 23.6. The maximum Gasteiger partial charge on any atom is 0.337 e. The highest BCUT2D eigenvalue weighted by Crippen LogP contribution is 2.09. The molecule has 2 aromatic carbocycles. The van der Waals surface area contributed by atoms with E-state index in [9.17, 15) is 9.59 Å². The Morgan fingerprint density at radius 3 is 2.44 bits per heavy atom. The highest BCUT2D eigenvalue weighted by atomic mass is 16.5. The number of hydrogen-bond acceptors (Lipinski definition) is 4. The maximum atomic E-state index is 12.2. The van der Waals surface area contributed by atoms with Crippen molar-refractivity contribution in [2.45, 2.75) is 6.54 Å². The largest absolute Gasteiger partial charge is 0.465 e. The topological polar surface area (TPSA) is 73.2 Å². The van der Waals surface area contributed by atoms with Gasteiger partial charge in [-0.2, -0.15) is 5.10 Å². The van der Waals surface area contributed by atoms with E-state index in [4.69, 9.17) is 0 Å². The van der Waals surface area contributed by atoms with Crippen LogP contribution in [0.1, 0.15) is 26.3 Å². The van der Waals surface area contributed by atoms with Crippen molar-refractivity contribution >= 4 is 11.9 Å². The predicted molar refractivity (Wildman–Crippen MR) is 92.5 cm³/mol. The molecule has 0 aliphatic heterocycles. The monoisotopic (exact) mass is 335 g/mol. The van der Waals surface area contributed by atoms with Crippen LogP contribution in [0.5, 0.6) is 0 Å². The van der Waals surface area contributed by atoms with Gasteiger partial charge in [0.15, 0.2) is 0 Å². The molecule has 3 aromatic rings. The summed E-state index contributed by atoms with van der Waals surface area (Å²) in [6, 6.07) is 16.5. The van der Waals surface area contributed by atoms with E-state index in [1.165, 1.54) is 13.3 Å². The Morgan fingerprint density at radius 2 is 1.76 bits per heavy atom. The van der Waals surface area contributed by atoms with Crippen molar-refractivity contribution in [1.82, 2.24) is 15.1 Å². The van der Waals surface area contributed by atoms with Crippen LogP contribution < -0.4 is 5.32 Å². The first-order valence-electron chi connectivity index (χ1n) is 7.73.